The monoisotopic (exact) mass is 195 g/mol. The van der Waals surface area contributed by atoms with Gasteiger partial charge >= 0.3 is 0 Å². The van der Waals surface area contributed by atoms with Crippen molar-refractivity contribution in [1.29, 1.82) is 0 Å². The Morgan fingerprint density at radius 3 is 2.54 bits per heavy atom. The third kappa shape index (κ3) is 2.73. The van der Waals surface area contributed by atoms with Gasteiger partial charge < -0.3 is 0 Å². The second-order valence-corrected chi connectivity index (χ2v) is 3.67. The van der Waals surface area contributed by atoms with E-state index in [4.69, 9.17) is 11.6 Å². The lowest BCUT2D eigenvalue weighted by molar-refractivity contribution is 0.894. The minimum absolute atomic E-state index is 0.936. The molecule has 0 heterocycles. The van der Waals surface area contributed by atoms with Crippen molar-refractivity contribution >= 4 is 11.6 Å². The van der Waals surface area contributed by atoms with Gasteiger partial charge in [0.2, 0.25) is 0 Å². The summed E-state index contributed by atoms with van der Waals surface area (Å²) in [5.74, 6) is 0. The molecule has 0 spiro atoms. The van der Waals surface area contributed by atoms with Crippen LogP contribution in [-0.4, -0.2) is 0 Å². The van der Waals surface area contributed by atoms with Gasteiger partial charge in [-0.25, -0.2) is 0 Å². The molecule has 1 aromatic carbocycles. The summed E-state index contributed by atoms with van der Waals surface area (Å²) >= 11 is 6.24. The largest absolute Gasteiger partial charge is 0.0837 e. The molecule has 1 heteroatoms. The molecule has 0 N–H and O–H groups in total. The Morgan fingerprint density at radius 1 is 1.23 bits per heavy atom. The summed E-state index contributed by atoms with van der Waals surface area (Å²) in [5, 5.41) is 0.936. The van der Waals surface area contributed by atoms with Crippen molar-refractivity contribution in [2.45, 2.75) is 39.5 Å². The van der Waals surface area contributed by atoms with Gasteiger partial charge in [0.05, 0.1) is 0 Å². The van der Waals surface area contributed by atoms with E-state index in [0.29, 0.717) is 0 Å². The zero-order valence-corrected chi connectivity index (χ0v) is 9.12. The van der Waals surface area contributed by atoms with E-state index in [0.717, 1.165) is 30.7 Å². The van der Waals surface area contributed by atoms with Crippen LogP contribution < -0.4 is 0 Å². The second kappa shape index (κ2) is 5.29. The smallest absolute Gasteiger partial charge is 0.0476 e. The highest BCUT2D eigenvalue weighted by Crippen LogP contribution is 2.22. The molecule has 13 heavy (non-hydrogen) atoms. The van der Waals surface area contributed by atoms with Gasteiger partial charge in [-0.2, -0.15) is 0 Å². The Bertz CT molecular complexity index is 242. The quantitative estimate of drug-likeness (QED) is 0.680. The minimum Gasteiger partial charge on any atom is -0.0837 e. The Morgan fingerprint density at radius 2 is 1.92 bits per heavy atom. The third-order valence-electron chi connectivity index (χ3n) is 2.11. The van der Waals surface area contributed by atoms with Crippen molar-refractivity contribution in [3.63, 3.8) is 0 Å². The molecule has 0 aliphatic heterocycles. The number of benzene rings is 1. The Labute approximate surface area is 85.9 Å². The number of rotatable bonds is 4. The minimum atomic E-state index is 0.936. The maximum atomic E-state index is 6.24. The highest BCUT2D eigenvalue weighted by molar-refractivity contribution is 6.32. The molecule has 0 aromatic heterocycles. The molecule has 0 fully saturated rings. The molecule has 0 saturated carbocycles. The molecule has 71 valence electrons. The van der Waals surface area contributed by atoms with Gasteiger partial charge in [-0.1, -0.05) is 50.4 Å². The molecule has 0 saturated heterocycles. The van der Waals surface area contributed by atoms with Crippen molar-refractivity contribution in [3.8, 4) is 0 Å². The van der Waals surface area contributed by atoms with Gasteiger partial charge in [0, 0.05) is 5.02 Å². The maximum absolute atomic E-state index is 6.24. The van der Waals surface area contributed by atoms with Crippen LogP contribution in [0.5, 0.6) is 0 Å². The van der Waals surface area contributed by atoms with E-state index >= 15 is 0 Å². The van der Waals surface area contributed by atoms with Crippen molar-refractivity contribution in [2.24, 2.45) is 0 Å². The molecule has 0 aliphatic rings. The number of aryl methyl sites for hydroxylation is 2. The first-order valence-electron chi connectivity index (χ1n) is 4.97. The van der Waals surface area contributed by atoms with Crippen LogP contribution in [0.1, 0.15) is 37.8 Å². The second-order valence-electron chi connectivity index (χ2n) is 3.30. The van der Waals surface area contributed by atoms with E-state index in [1.165, 1.54) is 11.1 Å². The first kappa shape index (κ1) is 10.6. The lowest BCUT2D eigenvalue weighted by atomic mass is 10.0. The van der Waals surface area contributed by atoms with Gasteiger partial charge in [-0.3, -0.25) is 0 Å². The zero-order chi connectivity index (χ0) is 9.68. The number of hydrogen-bond acceptors (Lipinski definition) is 0. The van der Waals surface area contributed by atoms with Crippen LogP contribution in [-0.2, 0) is 12.8 Å². The van der Waals surface area contributed by atoms with Crippen LogP contribution in [0.2, 0.25) is 5.02 Å². The van der Waals surface area contributed by atoms with Gasteiger partial charge in [0.1, 0.15) is 0 Å². The predicted octanol–water partition coefficient (Wildman–Crippen LogP) is 4.05. The first-order valence-corrected chi connectivity index (χ1v) is 5.35. The first-order chi connectivity index (χ1) is 6.29. The SMILES string of the molecule is CCCc1[c]ccc(CCC)c1Cl. The van der Waals surface area contributed by atoms with E-state index in [-0.39, 0.29) is 0 Å². The Balaban J connectivity index is 2.89. The molecule has 1 rings (SSSR count). The van der Waals surface area contributed by atoms with Crippen molar-refractivity contribution in [2.75, 3.05) is 0 Å². The highest BCUT2D eigenvalue weighted by Gasteiger charge is 2.04. The molecular weight excluding hydrogens is 180 g/mol. The van der Waals surface area contributed by atoms with E-state index in [1.807, 2.05) is 6.07 Å². The van der Waals surface area contributed by atoms with Crippen LogP contribution in [0, 0.1) is 6.07 Å². The summed E-state index contributed by atoms with van der Waals surface area (Å²) in [5.41, 5.74) is 2.45. The Kier molecular flexibility index (Phi) is 4.31. The third-order valence-corrected chi connectivity index (χ3v) is 2.58. The molecular formula is C12H16Cl. The summed E-state index contributed by atoms with van der Waals surface area (Å²) < 4.78 is 0. The Hall–Kier alpha value is -0.490. The lowest BCUT2D eigenvalue weighted by Crippen LogP contribution is -1.91. The van der Waals surface area contributed by atoms with E-state index < -0.39 is 0 Å². The lowest BCUT2D eigenvalue weighted by Gasteiger charge is -2.06. The standard InChI is InChI=1S/C12H16Cl/c1-3-6-10-8-5-9-11(7-4-2)12(10)13/h5,8H,3-4,6-7H2,1-2H3. The van der Waals surface area contributed by atoms with E-state index in [1.54, 1.807) is 0 Å². The summed E-state index contributed by atoms with van der Waals surface area (Å²) in [4.78, 5) is 0. The molecule has 0 unspecified atom stereocenters. The molecule has 0 amide bonds. The zero-order valence-electron chi connectivity index (χ0n) is 8.36. The average Bonchev–Trinajstić information content (AvgIpc) is 2.13. The molecule has 1 aromatic rings. The molecule has 0 nitrogen and oxygen atoms in total. The van der Waals surface area contributed by atoms with Gasteiger partial charge in [0.15, 0.2) is 0 Å². The number of hydrogen-bond donors (Lipinski definition) is 0. The fraction of sp³-hybridized carbons (Fsp3) is 0.500. The molecule has 0 atom stereocenters. The molecule has 0 aliphatic carbocycles. The highest BCUT2D eigenvalue weighted by atomic mass is 35.5. The summed E-state index contributed by atoms with van der Waals surface area (Å²) in [6.45, 7) is 4.34. The molecule has 0 bridgehead atoms. The number of halogens is 1. The van der Waals surface area contributed by atoms with E-state index in [2.05, 4.69) is 26.0 Å². The topological polar surface area (TPSA) is 0 Å². The van der Waals surface area contributed by atoms with Crippen molar-refractivity contribution < 1.29 is 0 Å². The predicted molar refractivity (Wildman–Crippen MR) is 58.3 cm³/mol. The normalized spacial score (nSPS) is 10.4. The van der Waals surface area contributed by atoms with E-state index in [9.17, 15) is 0 Å². The van der Waals surface area contributed by atoms with Gasteiger partial charge in [-0.15, -0.1) is 0 Å². The van der Waals surface area contributed by atoms with Crippen LogP contribution >= 0.6 is 11.6 Å². The average molecular weight is 196 g/mol. The fourth-order valence-electron chi connectivity index (χ4n) is 1.47. The molecule has 1 radical (unpaired) electrons. The fourth-order valence-corrected chi connectivity index (χ4v) is 1.77. The van der Waals surface area contributed by atoms with Crippen LogP contribution in [0.3, 0.4) is 0 Å². The van der Waals surface area contributed by atoms with Crippen LogP contribution in [0.4, 0.5) is 0 Å². The van der Waals surface area contributed by atoms with Crippen LogP contribution in [0.25, 0.3) is 0 Å². The van der Waals surface area contributed by atoms with Crippen LogP contribution in [0.15, 0.2) is 12.1 Å². The summed E-state index contributed by atoms with van der Waals surface area (Å²) in [7, 11) is 0. The van der Waals surface area contributed by atoms with Gasteiger partial charge in [-0.05, 0) is 30.0 Å². The van der Waals surface area contributed by atoms with Crippen molar-refractivity contribution in [1.82, 2.24) is 0 Å². The summed E-state index contributed by atoms with van der Waals surface area (Å²) in [6.07, 6.45) is 4.39. The van der Waals surface area contributed by atoms with Gasteiger partial charge in [0.25, 0.3) is 0 Å². The maximum Gasteiger partial charge on any atom is 0.0476 e. The summed E-state index contributed by atoms with van der Waals surface area (Å²) in [6, 6.07) is 7.27. The van der Waals surface area contributed by atoms with Crippen molar-refractivity contribution in [3.05, 3.63) is 34.3 Å².